The van der Waals surface area contributed by atoms with Crippen LogP contribution < -0.4 is 4.74 Å². The highest BCUT2D eigenvalue weighted by molar-refractivity contribution is 6.32. The minimum absolute atomic E-state index is 0.0325. The zero-order valence-corrected chi connectivity index (χ0v) is 13.5. The fourth-order valence-corrected chi connectivity index (χ4v) is 2.34. The van der Waals surface area contributed by atoms with Gasteiger partial charge in [-0.15, -0.1) is 0 Å². The lowest BCUT2D eigenvalue weighted by molar-refractivity contribution is -0.0529. The van der Waals surface area contributed by atoms with Gasteiger partial charge < -0.3 is 9.47 Å². The third kappa shape index (κ3) is 3.58. The third-order valence-corrected chi connectivity index (χ3v) is 3.54. The number of halogens is 3. The Morgan fingerprint density at radius 1 is 1.36 bits per heavy atom. The van der Waals surface area contributed by atoms with Crippen molar-refractivity contribution in [3.8, 4) is 5.88 Å². The van der Waals surface area contributed by atoms with Crippen LogP contribution in [0.3, 0.4) is 0 Å². The predicted molar refractivity (Wildman–Crippen MR) is 76.1 cm³/mol. The van der Waals surface area contributed by atoms with Gasteiger partial charge >= 0.3 is 12.7 Å². The van der Waals surface area contributed by atoms with Crippen LogP contribution in [0.4, 0.5) is 13.6 Å². The Balaban J connectivity index is 2.24. The molecule has 0 saturated carbocycles. The summed E-state index contributed by atoms with van der Waals surface area (Å²) in [5.74, 6) is -0.320. The van der Waals surface area contributed by atoms with Crippen molar-refractivity contribution >= 4 is 17.7 Å². The van der Waals surface area contributed by atoms with Crippen LogP contribution >= 0.6 is 11.6 Å². The van der Waals surface area contributed by atoms with Crippen molar-refractivity contribution in [2.45, 2.75) is 53.0 Å². The SMILES string of the molecule is Cc1c(Cl)c(OC(F)F)nc2c1CN(C(=O)OC(C)(C)C)C2. The maximum Gasteiger partial charge on any atom is 0.410 e. The van der Waals surface area contributed by atoms with Gasteiger partial charge in [0.1, 0.15) is 10.6 Å². The van der Waals surface area contributed by atoms with Gasteiger partial charge in [-0.3, -0.25) is 4.90 Å². The number of nitrogens with zero attached hydrogens (tertiary/aromatic N) is 2. The van der Waals surface area contributed by atoms with Crippen LogP contribution in [0.1, 0.15) is 37.6 Å². The van der Waals surface area contributed by atoms with Crippen molar-refractivity contribution in [2.24, 2.45) is 0 Å². The van der Waals surface area contributed by atoms with Crippen molar-refractivity contribution in [1.29, 1.82) is 0 Å². The fraction of sp³-hybridized carbons (Fsp3) is 0.571. The van der Waals surface area contributed by atoms with Crippen molar-refractivity contribution < 1.29 is 23.0 Å². The molecular weight excluding hydrogens is 318 g/mol. The van der Waals surface area contributed by atoms with Gasteiger partial charge in [-0.2, -0.15) is 8.78 Å². The molecule has 1 aromatic heterocycles. The molecule has 1 amide bonds. The monoisotopic (exact) mass is 334 g/mol. The smallest absolute Gasteiger partial charge is 0.410 e. The summed E-state index contributed by atoms with van der Waals surface area (Å²) in [4.78, 5) is 17.5. The molecule has 1 aromatic rings. The van der Waals surface area contributed by atoms with Gasteiger partial charge in [-0.25, -0.2) is 9.78 Å². The average Bonchev–Trinajstić information content (AvgIpc) is 2.77. The zero-order chi connectivity index (χ0) is 16.7. The number of hydrogen-bond acceptors (Lipinski definition) is 4. The van der Waals surface area contributed by atoms with Gasteiger partial charge in [0.25, 0.3) is 0 Å². The van der Waals surface area contributed by atoms with E-state index in [0.717, 1.165) is 5.56 Å². The van der Waals surface area contributed by atoms with Gasteiger partial charge in [-0.1, -0.05) is 11.6 Å². The summed E-state index contributed by atoms with van der Waals surface area (Å²) < 4.78 is 34.3. The normalized spacial score (nSPS) is 14.3. The Labute approximate surface area is 132 Å². The highest BCUT2D eigenvalue weighted by Crippen LogP contribution is 2.35. The van der Waals surface area contributed by atoms with Gasteiger partial charge in [0.15, 0.2) is 0 Å². The van der Waals surface area contributed by atoms with Gasteiger partial charge in [0, 0.05) is 0 Å². The van der Waals surface area contributed by atoms with Crippen LogP contribution in [0.25, 0.3) is 0 Å². The summed E-state index contributed by atoms with van der Waals surface area (Å²) in [6.45, 7) is 4.42. The lowest BCUT2D eigenvalue weighted by Gasteiger charge is -2.24. The van der Waals surface area contributed by atoms with Crippen LogP contribution in [-0.4, -0.2) is 28.2 Å². The van der Waals surface area contributed by atoms with Crippen LogP contribution in [0.5, 0.6) is 5.88 Å². The number of carbonyl (C=O) groups is 1. The number of carbonyl (C=O) groups excluding carboxylic acids is 1. The Bertz CT molecular complexity index is 603. The van der Waals surface area contributed by atoms with E-state index in [4.69, 9.17) is 16.3 Å². The van der Waals surface area contributed by atoms with E-state index in [1.54, 1.807) is 27.7 Å². The second-order valence-corrected chi connectivity index (χ2v) is 6.37. The number of ether oxygens (including phenoxy) is 2. The molecule has 8 heteroatoms. The number of rotatable bonds is 2. The summed E-state index contributed by atoms with van der Waals surface area (Å²) >= 11 is 6.00. The van der Waals surface area contributed by atoms with Crippen LogP contribution in [0.15, 0.2) is 0 Å². The molecule has 0 atom stereocenters. The zero-order valence-electron chi connectivity index (χ0n) is 12.7. The quantitative estimate of drug-likeness (QED) is 0.823. The second kappa shape index (κ2) is 5.87. The topological polar surface area (TPSA) is 51.7 Å². The van der Waals surface area contributed by atoms with Gasteiger partial charge in [-0.05, 0) is 38.8 Å². The average molecular weight is 335 g/mol. The highest BCUT2D eigenvalue weighted by Gasteiger charge is 2.31. The maximum absolute atomic E-state index is 12.4. The third-order valence-electron chi connectivity index (χ3n) is 3.10. The second-order valence-electron chi connectivity index (χ2n) is 6.00. The number of amides is 1. The molecule has 122 valence electrons. The van der Waals surface area contributed by atoms with Crippen molar-refractivity contribution in [3.63, 3.8) is 0 Å². The number of fused-ring (bicyclic) bond motifs is 1. The van der Waals surface area contributed by atoms with E-state index >= 15 is 0 Å². The molecule has 22 heavy (non-hydrogen) atoms. The molecule has 0 radical (unpaired) electrons. The lowest BCUT2D eigenvalue weighted by atomic mass is 10.1. The minimum Gasteiger partial charge on any atom is -0.444 e. The Morgan fingerprint density at radius 2 is 2.00 bits per heavy atom. The summed E-state index contributed by atoms with van der Waals surface area (Å²) in [5, 5.41) is 0.0325. The van der Waals surface area contributed by atoms with Gasteiger partial charge in [0.05, 0.1) is 18.8 Å². The number of pyridine rings is 1. The summed E-state index contributed by atoms with van der Waals surface area (Å²) in [6, 6.07) is 0. The first kappa shape index (κ1) is 16.7. The number of hydrogen-bond donors (Lipinski definition) is 0. The molecule has 2 heterocycles. The van der Waals surface area contributed by atoms with Crippen molar-refractivity contribution in [2.75, 3.05) is 0 Å². The largest absolute Gasteiger partial charge is 0.444 e. The van der Waals surface area contributed by atoms with E-state index in [0.29, 0.717) is 11.3 Å². The first-order chi connectivity index (χ1) is 10.1. The van der Waals surface area contributed by atoms with E-state index in [-0.39, 0.29) is 24.0 Å². The molecular formula is C14H17ClF2N2O3. The number of aromatic nitrogens is 1. The molecule has 1 aliphatic heterocycles. The molecule has 1 aliphatic rings. The summed E-state index contributed by atoms with van der Waals surface area (Å²) in [5.41, 5.74) is 1.19. The predicted octanol–water partition coefficient (Wildman–Crippen LogP) is 3.90. The minimum atomic E-state index is -3.01. The fourth-order valence-electron chi connectivity index (χ4n) is 2.13. The lowest BCUT2D eigenvalue weighted by Crippen LogP contribution is -2.33. The summed E-state index contributed by atoms with van der Waals surface area (Å²) in [7, 11) is 0. The number of alkyl halides is 2. The maximum atomic E-state index is 12.4. The van der Waals surface area contributed by atoms with Crippen LogP contribution in [0, 0.1) is 6.92 Å². The molecule has 0 fully saturated rings. The first-order valence-corrected chi connectivity index (χ1v) is 7.07. The Morgan fingerprint density at radius 3 is 2.55 bits per heavy atom. The molecule has 0 aliphatic carbocycles. The molecule has 0 unspecified atom stereocenters. The van der Waals surface area contributed by atoms with E-state index in [1.165, 1.54) is 4.90 Å². The molecule has 2 rings (SSSR count). The van der Waals surface area contributed by atoms with E-state index in [9.17, 15) is 13.6 Å². The highest BCUT2D eigenvalue weighted by atomic mass is 35.5. The van der Waals surface area contributed by atoms with Crippen LogP contribution in [-0.2, 0) is 17.8 Å². The standard InChI is InChI=1S/C14H17ClF2N2O3/c1-7-8-5-19(13(20)22-14(2,3)4)6-9(8)18-11(10(7)15)21-12(16)17/h12H,5-6H2,1-4H3. The first-order valence-electron chi connectivity index (χ1n) is 6.69. The van der Waals surface area contributed by atoms with Crippen LogP contribution in [0.2, 0.25) is 5.02 Å². The molecule has 0 spiro atoms. The Hall–Kier alpha value is -1.63. The Kier molecular flexibility index (Phi) is 4.47. The van der Waals surface area contributed by atoms with Gasteiger partial charge in [0.2, 0.25) is 5.88 Å². The summed E-state index contributed by atoms with van der Waals surface area (Å²) in [6.07, 6.45) is -0.489. The molecule has 0 bridgehead atoms. The van der Waals surface area contributed by atoms with E-state index in [1.807, 2.05) is 0 Å². The molecule has 0 saturated heterocycles. The van der Waals surface area contributed by atoms with E-state index < -0.39 is 18.3 Å². The molecule has 0 aromatic carbocycles. The van der Waals surface area contributed by atoms with Crippen molar-refractivity contribution in [3.05, 3.63) is 21.8 Å². The molecule has 5 nitrogen and oxygen atoms in total. The molecule has 0 N–H and O–H groups in total. The van der Waals surface area contributed by atoms with E-state index in [2.05, 4.69) is 9.72 Å². The van der Waals surface area contributed by atoms with Crippen molar-refractivity contribution in [1.82, 2.24) is 9.88 Å².